The van der Waals surface area contributed by atoms with Gasteiger partial charge in [0.15, 0.2) is 18.1 Å². The molecule has 28 heavy (non-hydrogen) atoms. The van der Waals surface area contributed by atoms with Crippen molar-refractivity contribution in [3.8, 4) is 28.6 Å². The lowest BCUT2D eigenvalue weighted by Gasteiger charge is -2.13. The number of ether oxygens (including phenoxy) is 4. The van der Waals surface area contributed by atoms with E-state index in [2.05, 4.69) is 10.1 Å². The maximum absolute atomic E-state index is 12.4. The minimum absolute atomic E-state index is 0.149. The van der Waals surface area contributed by atoms with Crippen LogP contribution >= 0.6 is 11.6 Å². The molecule has 0 aliphatic heterocycles. The summed E-state index contributed by atoms with van der Waals surface area (Å²) >= 11 is 5.96. The van der Waals surface area contributed by atoms with Crippen molar-refractivity contribution in [1.29, 1.82) is 0 Å². The summed E-state index contributed by atoms with van der Waals surface area (Å²) in [7, 11) is 4.40. The van der Waals surface area contributed by atoms with Gasteiger partial charge in [-0.25, -0.2) is 4.79 Å². The van der Waals surface area contributed by atoms with E-state index in [1.54, 1.807) is 24.3 Å². The van der Waals surface area contributed by atoms with Crippen LogP contribution < -0.4 is 14.2 Å². The van der Waals surface area contributed by atoms with Crippen molar-refractivity contribution < 1.29 is 28.3 Å². The van der Waals surface area contributed by atoms with Gasteiger partial charge in [-0.2, -0.15) is 4.98 Å². The van der Waals surface area contributed by atoms with E-state index in [0.29, 0.717) is 33.7 Å². The molecule has 0 aliphatic carbocycles. The average Bonchev–Trinajstić information content (AvgIpc) is 3.19. The molecule has 0 bridgehead atoms. The molecule has 146 valence electrons. The van der Waals surface area contributed by atoms with Crippen LogP contribution in [-0.4, -0.2) is 37.4 Å². The molecule has 8 nitrogen and oxygen atoms in total. The van der Waals surface area contributed by atoms with E-state index in [4.69, 9.17) is 35.1 Å². The molecule has 0 saturated carbocycles. The van der Waals surface area contributed by atoms with Crippen molar-refractivity contribution in [2.24, 2.45) is 0 Å². The number of rotatable bonds is 7. The molecule has 0 atom stereocenters. The van der Waals surface area contributed by atoms with Crippen LogP contribution in [0.25, 0.3) is 11.4 Å². The Bertz CT molecular complexity index is 963. The quantitative estimate of drug-likeness (QED) is 0.549. The molecular formula is C19H17ClN2O6. The van der Waals surface area contributed by atoms with Gasteiger partial charge in [0.2, 0.25) is 11.6 Å². The first-order valence-corrected chi connectivity index (χ1v) is 8.49. The number of esters is 1. The number of halogens is 1. The van der Waals surface area contributed by atoms with Crippen LogP contribution in [0.5, 0.6) is 17.2 Å². The van der Waals surface area contributed by atoms with Gasteiger partial charge in [-0.05, 0) is 24.3 Å². The van der Waals surface area contributed by atoms with Gasteiger partial charge in [0.25, 0.3) is 5.89 Å². The smallest absolute Gasteiger partial charge is 0.338 e. The molecule has 2 aromatic carbocycles. The number of hydrogen-bond donors (Lipinski definition) is 0. The highest BCUT2D eigenvalue weighted by atomic mass is 35.5. The molecule has 0 aliphatic rings. The third kappa shape index (κ3) is 4.17. The normalized spacial score (nSPS) is 10.4. The molecule has 0 fully saturated rings. The largest absolute Gasteiger partial charge is 0.493 e. The van der Waals surface area contributed by atoms with E-state index in [-0.39, 0.29) is 18.1 Å². The topological polar surface area (TPSA) is 92.9 Å². The standard InChI is InChI=1S/C19H17ClN2O6/c1-24-14-8-12(9-15(25-2)17(14)26-3)19(23)27-10-16-21-18(22-28-16)11-5-4-6-13(20)7-11/h4-9H,10H2,1-3H3. The summed E-state index contributed by atoms with van der Waals surface area (Å²) < 4.78 is 26.1. The summed E-state index contributed by atoms with van der Waals surface area (Å²) in [5, 5.41) is 4.42. The van der Waals surface area contributed by atoms with Gasteiger partial charge in [0.1, 0.15) is 0 Å². The zero-order valence-corrected chi connectivity index (χ0v) is 16.1. The van der Waals surface area contributed by atoms with Crippen LogP contribution in [0.15, 0.2) is 40.9 Å². The Morgan fingerprint density at radius 3 is 2.39 bits per heavy atom. The predicted molar refractivity (Wildman–Crippen MR) is 100.0 cm³/mol. The third-order valence-corrected chi connectivity index (χ3v) is 4.01. The summed E-state index contributed by atoms with van der Waals surface area (Å²) in [5.41, 5.74) is 0.919. The monoisotopic (exact) mass is 404 g/mol. The Labute approximate surface area is 165 Å². The average molecular weight is 405 g/mol. The highest BCUT2D eigenvalue weighted by Crippen LogP contribution is 2.38. The molecule has 0 spiro atoms. The molecule has 0 amide bonds. The molecule has 0 N–H and O–H groups in total. The number of methoxy groups -OCH3 is 3. The summed E-state index contributed by atoms with van der Waals surface area (Å²) in [4.78, 5) is 16.6. The molecule has 3 aromatic rings. The van der Waals surface area contributed by atoms with Crippen molar-refractivity contribution in [1.82, 2.24) is 10.1 Å². The van der Waals surface area contributed by atoms with E-state index < -0.39 is 5.97 Å². The molecule has 0 radical (unpaired) electrons. The first kappa shape index (κ1) is 19.5. The minimum Gasteiger partial charge on any atom is -0.493 e. The number of carbonyl (C=O) groups is 1. The second-order valence-corrected chi connectivity index (χ2v) is 5.95. The van der Waals surface area contributed by atoms with Crippen molar-refractivity contribution in [3.05, 3.63) is 52.9 Å². The molecule has 0 unspecified atom stereocenters. The van der Waals surface area contributed by atoms with Crippen LogP contribution in [0.2, 0.25) is 5.02 Å². The van der Waals surface area contributed by atoms with E-state index in [9.17, 15) is 4.79 Å². The number of benzene rings is 2. The van der Waals surface area contributed by atoms with Crippen molar-refractivity contribution in [2.75, 3.05) is 21.3 Å². The molecule has 1 heterocycles. The SMILES string of the molecule is COc1cc(C(=O)OCc2nc(-c3cccc(Cl)c3)no2)cc(OC)c1OC. The Kier molecular flexibility index (Phi) is 6.00. The van der Waals surface area contributed by atoms with E-state index in [0.717, 1.165) is 0 Å². The molecule has 1 aromatic heterocycles. The molecule has 3 rings (SSSR count). The lowest BCUT2D eigenvalue weighted by Crippen LogP contribution is -2.07. The van der Waals surface area contributed by atoms with Crippen molar-refractivity contribution in [2.45, 2.75) is 6.61 Å². The van der Waals surface area contributed by atoms with E-state index in [1.165, 1.54) is 33.5 Å². The fourth-order valence-corrected chi connectivity index (χ4v) is 2.66. The zero-order valence-electron chi connectivity index (χ0n) is 15.4. The van der Waals surface area contributed by atoms with Gasteiger partial charge < -0.3 is 23.5 Å². The Hall–Kier alpha value is -3.26. The third-order valence-electron chi connectivity index (χ3n) is 3.78. The van der Waals surface area contributed by atoms with E-state index >= 15 is 0 Å². The summed E-state index contributed by atoms with van der Waals surface area (Å²) in [6, 6.07) is 10.0. The van der Waals surface area contributed by atoms with Gasteiger partial charge in [0, 0.05) is 10.6 Å². The van der Waals surface area contributed by atoms with Gasteiger partial charge in [-0.15, -0.1) is 0 Å². The van der Waals surface area contributed by atoms with Crippen LogP contribution in [0.1, 0.15) is 16.2 Å². The number of hydrogen-bond acceptors (Lipinski definition) is 8. The fourth-order valence-electron chi connectivity index (χ4n) is 2.47. The lowest BCUT2D eigenvalue weighted by atomic mass is 10.2. The molecule has 0 saturated heterocycles. The van der Waals surface area contributed by atoms with Crippen LogP contribution in [0, 0.1) is 0 Å². The lowest BCUT2D eigenvalue weighted by molar-refractivity contribution is 0.0429. The first-order chi connectivity index (χ1) is 13.5. The molecule has 9 heteroatoms. The van der Waals surface area contributed by atoms with Gasteiger partial charge in [0.05, 0.1) is 26.9 Å². The minimum atomic E-state index is -0.609. The van der Waals surface area contributed by atoms with Crippen LogP contribution in [0.3, 0.4) is 0 Å². The maximum atomic E-state index is 12.4. The summed E-state index contributed by atoms with van der Waals surface area (Å²) in [6.07, 6.45) is 0. The van der Waals surface area contributed by atoms with Gasteiger partial charge >= 0.3 is 5.97 Å². The van der Waals surface area contributed by atoms with Gasteiger partial charge in [-0.1, -0.05) is 28.9 Å². The highest BCUT2D eigenvalue weighted by Gasteiger charge is 2.19. The highest BCUT2D eigenvalue weighted by molar-refractivity contribution is 6.30. The Morgan fingerprint density at radius 2 is 1.79 bits per heavy atom. The first-order valence-electron chi connectivity index (χ1n) is 8.11. The second kappa shape index (κ2) is 8.62. The Morgan fingerprint density at radius 1 is 1.07 bits per heavy atom. The van der Waals surface area contributed by atoms with Crippen molar-refractivity contribution in [3.63, 3.8) is 0 Å². The fraction of sp³-hybridized carbons (Fsp3) is 0.211. The van der Waals surface area contributed by atoms with Crippen LogP contribution in [0.4, 0.5) is 0 Å². The number of nitrogens with zero attached hydrogens (tertiary/aromatic N) is 2. The predicted octanol–water partition coefficient (Wildman–Crippen LogP) is 3.77. The number of carbonyl (C=O) groups excluding carboxylic acids is 1. The van der Waals surface area contributed by atoms with Crippen molar-refractivity contribution >= 4 is 17.6 Å². The van der Waals surface area contributed by atoms with E-state index in [1.807, 2.05) is 0 Å². The maximum Gasteiger partial charge on any atom is 0.338 e. The van der Waals surface area contributed by atoms with Crippen LogP contribution in [-0.2, 0) is 11.3 Å². The second-order valence-electron chi connectivity index (χ2n) is 5.51. The van der Waals surface area contributed by atoms with Gasteiger partial charge in [-0.3, -0.25) is 0 Å². The summed E-state index contributed by atoms with van der Waals surface area (Å²) in [5.74, 6) is 0.952. The summed E-state index contributed by atoms with van der Waals surface area (Å²) in [6.45, 7) is -0.191. The zero-order chi connectivity index (χ0) is 20.1. The molecular weight excluding hydrogens is 388 g/mol. The Balaban J connectivity index is 1.72. The number of aromatic nitrogens is 2.